The van der Waals surface area contributed by atoms with Crippen LogP contribution in [0.15, 0.2) is 41.3 Å². The molecule has 0 bridgehead atoms. The van der Waals surface area contributed by atoms with Gasteiger partial charge in [0.15, 0.2) is 9.84 Å². The van der Waals surface area contributed by atoms with Crippen molar-refractivity contribution in [3.8, 4) is 10.4 Å². The van der Waals surface area contributed by atoms with E-state index in [1.165, 1.54) is 24.5 Å². The Morgan fingerprint density at radius 3 is 2.62 bits per heavy atom. The van der Waals surface area contributed by atoms with E-state index < -0.39 is 15.9 Å². The van der Waals surface area contributed by atoms with Crippen molar-refractivity contribution in [2.24, 2.45) is 0 Å². The highest BCUT2D eigenvalue weighted by molar-refractivity contribution is 7.90. The Hall–Kier alpha value is -1.50. The van der Waals surface area contributed by atoms with Crippen LogP contribution in [0.4, 0.5) is 0 Å². The molecule has 0 saturated carbocycles. The number of aliphatic hydroxyl groups is 1. The van der Waals surface area contributed by atoms with Crippen LogP contribution in [0.2, 0.25) is 0 Å². The highest BCUT2D eigenvalue weighted by Gasteiger charge is 2.14. The predicted molar refractivity (Wildman–Crippen MR) is 83.1 cm³/mol. The minimum atomic E-state index is -3.25. The van der Waals surface area contributed by atoms with Gasteiger partial charge in [-0.3, -0.25) is 4.79 Å². The lowest BCUT2D eigenvalue weighted by Crippen LogP contribution is -2.00. The molecule has 0 radical (unpaired) electrons. The summed E-state index contributed by atoms with van der Waals surface area (Å²) >= 11 is 1.36. The van der Waals surface area contributed by atoms with Gasteiger partial charge in [0.1, 0.15) is 5.78 Å². The van der Waals surface area contributed by atoms with Crippen molar-refractivity contribution in [1.82, 2.24) is 0 Å². The van der Waals surface area contributed by atoms with Gasteiger partial charge in [0.2, 0.25) is 0 Å². The predicted octanol–water partition coefficient (Wildman–Crippen LogP) is 2.83. The molecule has 0 aliphatic heterocycles. The van der Waals surface area contributed by atoms with Gasteiger partial charge in [-0.2, -0.15) is 0 Å². The monoisotopic (exact) mass is 324 g/mol. The van der Waals surface area contributed by atoms with E-state index in [0.717, 1.165) is 10.4 Å². The highest BCUT2D eigenvalue weighted by Crippen LogP contribution is 2.33. The molecule has 1 aromatic carbocycles. The smallest absolute Gasteiger partial charge is 0.175 e. The Morgan fingerprint density at radius 1 is 1.29 bits per heavy atom. The Morgan fingerprint density at radius 2 is 2.00 bits per heavy atom. The average Bonchev–Trinajstić information content (AvgIpc) is 2.86. The van der Waals surface area contributed by atoms with E-state index in [4.69, 9.17) is 0 Å². The molecule has 0 spiro atoms. The lowest BCUT2D eigenvalue weighted by Gasteiger charge is -2.05. The molecule has 1 aromatic heterocycles. The summed E-state index contributed by atoms with van der Waals surface area (Å²) in [5, 5.41) is 9.93. The van der Waals surface area contributed by atoms with E-state index in [0.29, 0.717) is 4.88 Å². The molecule has 2 rings (SSSR count). The standard InChI is InChI=1S/C15H16O4S2/c1-10(16)8-13(17)15-7-6-14(20-15)11-4-3-5-12(9-11)21(2,18)19/h3-7,9,13,17H,8H2,1-2H3. The van der Waals surface area contributed by atoms with Crippen molar-refractivity contribution in [2.45, 2.75) is 24.3 Å². The van der Waals surface area contributed by atoms with Crippen molar-refractivity contribution >= 4 is 27.0 Å². The number of Topliss-reactive ketones (excluding diaryl/α,β-unsaturated/α-hetero) is 1. The number of hydrogen-bond acceptors (Lipinski definition) is 5. The average molecular weight is 324 g/mol. The van der Waals surface area contributed by atoms with Gasteiger partial charge in [-0.1, -0.05) is 12.1 Å². The minimum Gasteiger partial charge on any atom is -0.387 e. The fraction of sp³-hybridized carbons (Fsp3) is 0.267. The SMILES string of the molecule is CC(=O)CC(O)c1ccc(-c2cccc(S(C)(=O)=O)c2)s1. The van der Waals surface area contributed by atoms with Gasteiger partial charge in [-0.05, 0) is 36.8 Å². The molecule has 0 aliphatic rings. The van der Waals surface area contributed by atoms with E-state index >= 15 is 0 Å². The summed E-state index contributed by atoms with van der Waals surface area (Å²) in [7, 11) is -3.25. The van der Waals surface area contributed by atoms with E-state index in [-0.39, 0.29) is 17.1 Å². The van der Waals surface area contributed by atoms with Gasteiger partial charge in [0, 0.05) is 22.4 Å². The number of hydrogen-bond donors (Lipinski definition) is 1. The second-order valence-corrected chi connectivity index (χ2v) is 8.06. The molecule has 4 nitrogen and oxygen atoms in total. The highest BCUT2D eigenvalue weighted by atomic mass is 32.2. The number of aliphatic hydroxyl groups excluding tert-OH is 1. The second kappa shape index (κ2) is 6.09. The number of rotatable bonds is 5. The maximum Gasteiger partial charge on any atom is 0.175 e. The van der Waals surface area contributed by atoms with Crippen LogP contribution < -0.4 is 0 Å². The molecular weight excluding hydrogens is 308 g/mol. The Labute approximate surface area is 128 Å². The van der Waals surface area contributed by atoms with Gasteiger partial charge in [-0.15, -0.1) is 11.3 Å². The molecule has 0 fully saturated rings. The molecule has 1 atom stereocenters. The third-order valence-electron chi connectivity index (χ3n) is 2.98. The normalized spacial score (nSPS) is 13.1. The second-order valence-electron chi connectivity index (χ2n) is 4.92. The van der Waals surface area contributed by atoms with Crippen LogP contribution in [0, 0.1) is 0 Å². The van der Waals surface area contributed by atoms with Crippen LogP contribution in [-0.2, 0) is 14.6 Å². The van der Waals surface area contributed by atoms with Gasteiger partial charge in [0.05, 0.1) is 11.0 Å². The van der Waals surface area contributed by atoms with Crippen LogP contribution >= 0.6 is 11.3 Å². The first-order chi connectivity index (χ1) is 9.77. The number of benzene rings is 1. The fourth-order valence-corrected chi connectivity index (χ4v) is 3.60. The Balaban J connectivity index is 2.32. The summed E-state index contributed by atoms with van der Waals surface area (Å²) < 4.78 is 23.2. The van der Waals surface area contributed by atoms with Crippen molar-refractivity contribution in [3.05, 3.63) is 41.3 Å². The van der Waals surface area contributed by atoms with E-state index in [9.17, 15) is 18.3 Å². The number of carbonyl (C=O) groups excluding carboxylic acids is 1. The molecule has 6 heteroatoms. The summed E-state index contributed by atoms with van der Waals surface area (Å²) in [6.07, 6.45) is 0.450. The fourth-order valence-electron chi connectivity index (χ4n) is 1.94. The van der Waals surface area contributed by atoms with Crippen molar-refractivity contribution in [2.75, 3.05) is 6.26 Å². The number of thiophene rings is 1. The summed E-state index contributed by atoms with van der Waals surface area (Å²) in [4.78, 5) is 12.9. The molecule has 1 unspecified atom stereocenters. The van der Waals surface area contributed by atoms with E-state index in [1.54, 1.807) is 24.3 Å². The molecular formula is C15H16O4S2. The number of carbonyl (C=O) groups is 1. The van der Waals surface area contributed by atoms with Gasteiger partial charge in [0.25, 0.3) is 0 Å². The zero-order valence-electron chi connectivity index (χ0n) is 11.7. The first-order valence-corrected chi connectivity index (χ1v) is 9.06. The van der Waals surface area contributed by atoms with Crippen LogP contribution in [0.5, 0.6) is 0 Å². The summed E-state index contributed by atoms with van der Waals surface area (Å²) in [6, 6.07) is 10.3. The third kappa shape index (κ3) is 4.00. The molecule has 112 valence electrons. The molecule has 21 heavy (non-hydrogen) atoms. The molecule has 2 aromatic rings. The summed E-state index contributed by atoms with van der Waals surface area (Å²) in [6.45, 7) is 1.44. The number of ketones is 1. The van der Waals surface area contributed by atoms with Crippen molar-refractivity contribution < 1.29 is 18.3 Å². The maximum atomic E-state index is 11.6. The lowest BCUT2D eigenvalue weighted by atomic mass is 10.1. The zero-order chi connectivity index (χ0) is 15.6. The largest absolute Gasteiger partial charge is 0.387 e. The van der Waals surface area contributed by atoms with Gasteiger partial charge >= 0.3 is 0 Å². The van der Waals surface area contributed by atoms with Gasteiger partial charge in [-0.25, -0.2) is 8.42 Å². The van der Waals surface area contributed by atoms with Crippen LogP contribution in [0.3, 0.4) is 0 Å². The quantitative estimate of drug-likeness (QED) is 0.918. The van der Waals surface area contributed by atoms with Crippen LogP contribution in [-0.4, -0.2) is 25.6 Å². The lowest BCUT2D eigenvalue weighted by molar-refractivity contribution is -0.118. The van der Waals surface area contributed by atoms with Gasteiger partial charge < -0.3 is 5.11 Å². The molecule has 0 aliphatic carbocycles. The Kier molecular flexibility index (Phi) is 4.61. The molecule has 1 heterocycles. The minimum absolute atomic E-state index is 0.0727. The summed E-state index contributed by atoms with van der Waals surface area (Å²) in [5.41, 5.74) is 0.782. The Bertz CT molecular complexity index is 759. The van der Waals surface area contributed by atoms with E-state index in [2.05, 4.69) is 0 Å². The molecule has 1 N–H and O–H groups in total. The first-order valence-electron chi connectivity index (χ1n) is 6.35. The summed E-state index contributed by atoms with van der Waals surface area (Å²) in [5.74, 6) is -0.0727. The maximum absolute atomic E-state index is 11.6. The number of sulfone groups is 1. The first kappa shape index (κ1) is 15.9. The van der Waals surface area contributed by atoms with Crippen molar-refractivity contribution in [1.29, 1.82) is 0 Å². The molecule has 0 saturated heterocycles. The topological polar surface area (TPSA) is 71.4 Å². The van der Waals surface area contributed by atoms with Crippen LogP contribution in [0.1, 0.15) is 24.3 Å². The van der Waals surface area contributed by atoms with Crippen LogP contribution in [0.25, 0.3) is 10.4 Å². The van der Waals surface area contributed by atoms with E-state index in [1.807, 2.05) is 12.1 Å². The zero-order valence-corrected chi connectivity index (χ0v) is 13.4. The molecule has 0 amide bonds. The van der Waals surface area contributed by atoms with Crippen molar-refractivity contribution in [3.63, 3.8) is 0 Å². The third-order valence-corrected chi connectivity index (χ3v) is 5.33.